The van der Waals surface area contributed by atoms with E-state index in [1.807, 2.05) is 6.92 Å². The van der Waals surface area contributed by atoms with Gasteiger partial charge in [0.25, 0.3) is 0 Å². The van der Waals surface area contributed by atoms with E-state index in [2.05, 4.69) is 19.1 Å². The number of aliphatic hydroxyl groups excluding tert-OH is 1. The first-order valence-corrected chi connectivity index (χ1v) is 4.51. The molecule has 0 aromatic heterocycles. The standard InChI is InChI=1S/C10H18O/c1-3-7-10(2)8-5-4-6-9(10)11/h3,7,9,11H,4-6,8H2,1-2H3. The summed E-state index contributed by atoms with van der Waals surface area (Å²) in [5, 5.41) is 9.71. The summed E-state index contributed by atoms with van der Waals surface area (Å²) >= 11 is 0. The molecule has 0 amide bonds. The highest BCUT2D eigenvalue weighted by molar-refractivity contribution is 5.01. The summed E-state index contributed by atoms with van der Waals surface area (Å²) in [6, 6.07) is 0. The van der Waals surface area contributed by atoms with Crippen LogP contribution in [0.4, 0.5) is 0 Å². The monoisotopic (exact) mass is 154 g/mol. The number of hydrogen-bond acceptors (Lipinski definition) is 1. The SMILES string of the molecule is CC=CC1(C)CCCCC1O. The molecule has 0 aromatic rings. The molecule has 1 fully saturated rings. The smallest absolute Gasteiger partial charge is 0.0628 e. The van der Waals surface area contributed by atoms with Crippen molar-refractivity contribution in [3.63, 3.8) is 0 Å². The Labute approximate surface area is 69.1 Å². The van der Waals surface area contributed by atoms with Gasteiger partial charge in [0.05, 0.1) is 6.10 Å². The predicted molar refractivity (Wildman–Crippen MR) is 47.4 cm³/mol. The molecule has 64 valence electrons. The summed E-state index contributed by atoms with van der Waals surface area (Å²) in [6.45, 7) is 4.17. The van der Waals surface area contributed by atoms with Gasteiger partial charge in [-0.3, -0.25) is 0 Å². The van der Waals surface area contributed by atoms with Crippen molar-refractivity contribution in [3.8, 4) is 0 Å². The van der Waals surface area contributed by atoms with Crippen LogP contribution in [0.15, 0.2) is 12.2 Å². The van der Waals surface area contributed by atoms with Crippen molar-refractivity contribution < 1.29 is 5.11 Å². The lowest BCUT2D eigenvalue weighted by Crippen LogP contribution is -2.33. The maximum absolute atomic E-state index is 9.71. The fourth-order valence-electron chi connectivity index (χ4n) is 1.92. The van der Waals surface area contributed by atoms with Gasteiger partial charge >= 0.3 is 0 Å². The molecule has 1 nitrogen and oxygen atoms in total. The van der Waals surface area contributed by atoms with E-state index in [1.54, 1.807) is 0 Å². The number of rotatable bonds is 1. The zero-order valence-corrected chi connectivity index (χ0v) is 7.51. The summed E-state index contributed by atoms with van der Waals surface area (Å²) in [5.74, 6) is 0. The third-order valence-electron chi connectivity index (χ3n) is 2.75. The van der Waals surface area contributed by atoms with Gasteiger partial charge in [0.1, 0.15) is 0 Å². The minimum Gasteiger partial charge on any atom is -0.392 e. The van der Waals surface area contributed by atoms with Crippen LogP contribution in [0.5, 0.6) is 0 Å². The van der Waals surface area contributed by atoms with Crippen LogP contribution in [-0.4, -0.2) is 11.2 Å². The molecule has 1 aliphatic carbocycles. The molecule has 0 radical (unpaired) electrons. The largest absolute Gasteiger partial charge is 0.392 e. The van der Waals surface area contributed by atoms with E-state index in [0.717, 1.165) is 12.8 Å². The number of allylic oxidation sites excluding steroid dienone is 1. The fraction of sp³-hybridized carbons (Fsp3) is 0.800. The molecule has 2 unspecified atom stereocenters. The molecule has 0 aromatic carbocycles. The molecular weight excluding hydrogens is 136 g/mol. The van der Waals surface area contributed by atoms with Crippen LogP contribution in [0.25, 0.3) is 0 Å². The van der Waals surface area contributed by atoms with E-state index in [0.29, 0.717) is 0 Å². The molecule has 1 saturated carbocycles. The summed E-state index contributed by atoms with van der Waals surface area (Å²) in [6.07, 6.45) is 8.64. The second-order valence-electron chi connectivity index (χ2n) is 3.77. The van der Waals surface area contributed by atoms with Crippen molar-refractivity contribution in [1.29, 1.82) is 0 Å². The normalized spacial score (nSPS) is 39.7. The van der Waals surface area contributed by atoms with Crippen LogP contribution in [0.3, 0.4) is 0 Å². The van der Waals surface area contributed by atoms with E-state index in [1.165, 1.54) is 12.8 Å². The van der Waals surface area contributed by atoms with Crippen molar-refractivity contribution in [1.82, 2.24) is 0 Å². The van der Waals surface area contributed by atoms with Crippen molar-refractivity contribution >= 4 is 0 Å². The topological polar surface area (TPSA) is 20.2 Å². The van der Waals surface area contributed by atoms with Crippen LogP contribution in [0, 0.1) is 5.41 Å². The fourth-order valence-corrected chi connectivity index (χ4v) is 1.92. The molecule has 1 rings (SSSR count). The van der Waals surface area contributed by atoms with Gasteiger partial charge in [0, 0.05) is 5.41 Å². The van der Waals surface area contributed by atoms with Gasteiger partial charge in [0.2, 0.25) is 0 Å². The van der Waals surface area contributed by atoms with Crippen molar-refractivity contribution in [3.05, 3.63) is 12.2 Å². The van der Waals surface area contributed by atoms with Crippen molar-refractivity contribution in [2.24, 2.45) is 5.41 Å². The van der Waals surface area contributed by atoms with Gasteiger partial charge in [-0.15, -0.1) is 0 Å². The summed E-state index contributed by atoms with van der Waals surface area (Å²) < 4.78 is 0. The van der Waals surface area contributed by atoms with Crippen LogP contribution < -0.4 is 0 Å². The van der Waals surface area contributed by atoms with Crippen LogP contribution in [-0.2, 0) is 0 Å². The lowest BCUT2D eigenvalue weighted by atomic mass is 9.73. The molecule has 0 aliphatic heterocycles. The van der Waals surface area contributed by atoms with Gasteiger partial charge < -0.3 is 5.11 Å². The molecule has 0 bridgehead atoms. The van der Waals surface area contributed by atoms with Gasteiger partial charge in [-0.2, -0.15) is 0 Å². The molecular formula is C10H18O. The Morgan fingerprint density at radius 2 is 2.18 bits per heavy atom. The summed E-state index contributed by atoms with van der Waals surface area (Å²) in [7, 11) is 0. The average molecular weight is 154 g/mol. The second kappa shape index (κ2) is 3.40. The first-order chi connectivity index (χ1) is 5.19. The molecule has 2 atom stereocenters. The highest BCUT2D eigenvalue weighted by Crippen LogP contribution is 2.37. The first-order valence-electron chi connectivity index (χ1n) is 4.51. The van der Waals surface area contributed by atoms with Gasteiger partial charge in [-0.05, 0) is 19.8 Å². The quantitative estimate of drug-likeness (QED) is 0.575. The third kappa shape index (κ3) is 1.84. The molecule has 1 N–H and O–H groups in total. The van der Waals surface area contributed by atoms with E-state index < -0.39 is 0 Å². The van der Waals surface area contributed by atoms with Gasteiger partial charge in [-0.25, -0.2) is 0 Å². The van der Waals surface area contributed by atoms with Gasteiger partial charge in [-0.1, -0.05) is 31.9 Å². The Balaban J connectivity index is 2.64. The zero-order valence-electron chi connectivity index (χ0n) is 7.51. The third-order valence-corrected chi connectivity index (χ3v) is 2.75. The summed E-state index contributed by atoms with van der Waals surface area (Å²) in [4.78, 5) is 0. The first kappa shape index (κ1) is 8.79. The Morgan fingerprint density at radius 1 is 1.45 bits per heavy atom. The lowest BCUT2D eigenvalue weighted by Gasteiger charge is -2.35. The van der Waals surface area contributed by atoms with E-state index in [9.17, 15) is 5.11 Å². The maximum Gasteiger partial charge on any atom is 0.0628 e. The lowest BCUT2D eigenvalue weighted by molar-refractivity contribution is 0.0327. The van der Waals surface area contributed by atoms with E-state index >= 15 is 0 Å². The molecule has 0 saturated heterocycles. The van der Waals surface area contributed by atoms with Crippen LogP contribution in [0.2, 0.25) is 0 Å². The molecule has 0 spiro atoms. The minimum absolute atomic E-state index is 0.0625. The molecule has 11 heavy (non-hydrogen) atoms. The Hall–Kier alpha value is -0.300. The van der Waals surface area contributed by atoms with Gasteiger partial charge in [0.15, 0.2) is 0 Å². The second-order valence-corrected chi connectivity index (χ2v) is 3.77. The minimum atomic E-state index is -0.118. The van der Waals surface area contributed by atoms with E-state index in [-0.39, 0.29) is 11.5 Å². The Bertz CT molecular complexity index is 151. The van der Waals surface area contributed by atoms with E-state index in [4.69, 9.17) is 0 Å². The molecule has 1 aliphatic rings. The maximum atomic E-state index is 9.71. The average Bonchev–Trinajstić information content (AvgIpc) is 1.96. The van der Waals surface area contributed by atoms with Crippen LogP contribution >= 0.6 is 0 Å². The van der Waals surface area contributed by atoms with Crippen molar-refractivity contribution in [2.45, 2.75) is 45.6 Å². The summed E-state index contributed by atoms with van der Waals surface area (Å²) in [5.41, 5.74) is 0.0625. The Morgan fingerprint density at radius 3 is 2.73 bits per heavy atom. The molecule has 1 heteroatoms. The highest BCUT2D eigenvalue weighted by Gasteiger charge is 2.32. The predicted octanol–water partition coefficient (Wildman–Crippen LogP) is 2.50. The Kier molecular flexibility index (Phi) is 2.72. The highest BCUT2D eigenvalue weighted by atomic mass is 16.3. The number of aliphatic hydroxyl groups is 1. The number of hydrogen-bond donors (Lipinski definition) is 1. The van der Waals surface area contributed by atoms with Crippen LogP contribution in [0.1, 0.15) is 39.5 Å². The van der Waals surface area contributed by atoms with Crippen molar-refractivity contribution in [2.75, 3.05) is 0 Å². The zero-order chi connectivity index (χ0) is 8.32. The molecule has 0 heterocycles.